The van der Waals surface area contributed by atoms with E-state index >= 15 is 0 Å². The molecule has 0 aromatic carbocycles. The van der Waals surface area contributed by atoms with Gasteiger partial charge in [0.2, 0.25) is 0 Å². The molecule has 0 bridgehead atoms. The van der Waals surface area contributed by atoms with Crippen LogP contribution in [0.5, 0.6) is 0 Å². The first-order valence-corrected chi connectivity index (χ1v) is 13.8. The quantitative estimate of drug-likeness (QED) is 0.184. The molecule has 0 saturated carbocycles. The first-order valence-electron chi connectivity index (χ1n) is 5.53. The summed E-state index contributed by atoms with van der Waals surface area (Å²) < 4.78 is 0. The first kappa shape index (κ1) is 77.2. The number of hydrogen-bond donors (Lipinski definition) is 0. The minimum Gasteiger partial charge on any atom is -0.358 e. The molecule has 4 atom stereocenters. The fourth-order valence-corrected chi connectivity index (χ4v) is 0. The molecule has 0 aliphatic heterocycles. The van der Waals surface area contributed by atoms with Gasteiger partial charge in [0.1, 0.15) is 0 Å². The van der Waals surface area contributed by atoms with Crippen molar-refractivity contribution in [2.45, 2.75) is 62.3 Å². The standard InChI is InChI=1S/3C4H9.2CH3.H7P5.6W/c3*1-4(2)3;;;1-4-5(2)3;;;;;;/h3*1-3H3;2*1H3;4H,1-3H2;;;;;;/q5*-1;;;;;;;. The minimum absolute atomic E-state index is 0. The Kier molecular flexibility index (Phi) is 216. The van der Waals surface area contributed by atoms with E-state index in [1.807, 2.05) is 0 Å². The van der Waals surface area contributed by atoms with E-state index in [9.17, 15) is 0 Å². The van der Waals surface area contributed by atoms with Crippen LogP contribution >= 0.6 is 41.7 Å². The van der Waals surface area contributed by atoms with Gasteiger partial charge in [-0.2, -0.15) is 62.3 Å². The second kappa shape index (κ2) is 69.8. The summed E-state index contributed by atoms with van der Waals surface area (Å²) in [5, 5.41) is 0. The van der Waals surface area contributed by atoms with Crippen LogP contribution in [0.4, 0.5) is 0 Å². The Morgan fingerprint density at radius 2 is 0.560 bits per heavy atom. The Bertz CT molecular complexity index is 101. The minimum atomic E-state index is 0. The molecule has 0 aromatic heterocycles. The van der Waals surface area contributed by atoms with E-state index in [0.717, 1.165) is 7.96 Å². The Hall–Kier alpha value is 6.28. The van der Waals surface area contributed by atoms with Gasteiger partial charge in [0.15, 0.2) is 0 Å². The summed E-state index contributed by atoms with van der Waals surface area (Å²) >= 11 is 0. The summed E-state index contributed by atoms with van der Waals surface area (Å²) in [4.78, 5) is 0. The first-order chi connectivity index (χ1) is 7.47. The topological polar surface area (TPSA) is 0 Å². The number of rotatable bonds is 1. The van der Waals surface area contributed by atoms with Crippen LogP contribution in [0.15, 0.2) is 0 Å². The van der Waals surface area contributed by atoms with Crippen molar-refractivity contribution in [3.63, 3.8) is 0 Å². The molecule has 0 fully saturated rings. The van der Waals surface area contributed by atoms with Gasteiger partial charge in [0, 0.05) is 126 Å². The van der Waals surface area contributed by atoms with Crippen molar-refractivity contribution in [2.24, 2.45) is 0 Å². The van der Waals surface area contributed by atoms with Gasteiger partial charge in [-0.05, 0) is 6.99 Å². The van der Waals surface area contributed by atoms with Crippen molar-refractivity contribution < 1.29 is 126 Å². The van der Waals surface area contributed by atoms with Crippen LogP contribution in [-0.2, 0) is 126 Å². The number of hydrogen-bond acceptors (Lipinski definition) is 0. The molecule has 0 N–H and O–H groups in total. The van der Waals surface area contributed by atoms with E-state index in [4.69, 9.17) is 0 Å². The summed E-state index contributed by atoms with van der Waals surface area (Å²) in [6.07, 6.45) is 0. The molecule has 0 heterocycles. The fraction of sp³-hybridized carbons (Fsp3) is 0.643. The average molecular weight is 1470 g/mol. The van der Waals surface area contributed by atoms with E-state index < -0.39 is 0 Å². The van der Waals surface area contributed by atoms with E-state index in [1.165, 1.54) is 17.8 Å². The van der Waals surface area contributed by atoms with E-state index in [-0.39, 0.29) is 148 Å². The Morgan fingerprint density at radius 3 is 0.560 bits per heavy atom. The molecule has 0 aromatic rings. The molecule has 0 rings (SSSR count). The normalized spacial score (nSPS) is 6.72. The molecule has 0 amide bonds. The van der Waals surface area contributed by atoms with Crippen LogP contribution in [0.1, 0.15) is 62.3 Å². The Morgan fingerprint density at radius 1 is 0.520 bits per heavy atom. The molecular formula is C14H40P5W6-5. The Balaban J connectivity index is -0.00000000817. The molecular weight excluding hydrogens is 1430 g/mol. The molecule has 0 saturated heterocycles. The smallest absolute Gasteiger partial charge is 0 e. The molecule has 11 heteroatoms. The van der Waals surface area contributed by atoms with Gasteiger partial charge in [-0.1, -0.05) is 7.96 Å². The van der Waals surface area contributed by atoms with E-state index in [0.29, 0.717) is 0 Å². The van der Waals surface area contributed by atoms with Gasteiger partial charge in [-0.25, -0.2) is 0 Å². The summed E-state index contributed by atoms with van der Waals surface area (Å²) in [7, 11) is 9.24. The molecule has 0 aliphatic carbocycles. The fourth-order valence-electron chi connectivity index (χ4n) is 0. The van der Waals surface area contributed by atoms with Gasteiger partial charge < -0.3 is 32.6 Å². The van der Waals surface area contributed by atoms with Crippen molar-refractivity contribution in [3.8, 4) is 0 Å². The summed E-state index contributed by atoms with van der Waals surface area (Å²) in [5.74, 6) is 4.25. The van der Waals surface area contributed by atoms with Crippen LogP contribution in [0.2, 0.25) is 0 Å². The van der Waals surface area contributed by atoms with Crippen molar-refractivity contribution in [2.75, 3.05) is 0 Å². The van der Waals surface area contributed by atoms with Crippen LogP contribution in [0.3, 0.4) is 0 Å². The maximum absolute atomic E-state index is 2.75. The zero-order chi connectivity index (χ0) is 15.0. The van der Waals surface area contributed by atoms with Crippen molar-refractivity contribution >= 4 is 41.7 Å². The molecule has 4 unspecified atom stereocenters. The average Bonchev–Trinajstić information content (AvgIpc) is 2.00. The maximum Gasteiger partial charge on any atom is 0 e. The molecule has 0 aliphatic rings. The zero-order valence-electron chi connectivity index (χ0n) is 17.6. The van der Waals surface area contributed by atoms with Gasteiger partial charge in [0.05, 0.1) is 0 Å². The van der Waals surface area contributed by atoms with Crippen molar-refractivity contribution in [1.29, 1.82) is 0 Å². The predicted octanol–water partition coefficient (Wildman–Crippen LogP) is 8.18. The molecule has 25 heavy (non-hydrogen) atoms. The van der Waals surface area contributed by atoms with Gasteiger partial charge in [-0.15, -0.1) is 26.8 Å². The SMILES string of the molecule is C[C-](C)C.C[C-](C)C.C[C-](C)C.PPP(P)P.[CH3-].[CH3-].[W].[W].[W].[W].[W].[W]. The third kappa shape index (κ3) is 353. The van der Waals surface area contributed by atoms with Crippen molar-refractivity contribution in [1.82, 2.24) is 0 Å². The molecule has 0 radical (unpaired) electrons. The second-order valence-electron chi connectivity index (χ2n) is 5.04. The van der Waals surface area contributed by atoms with Crippen LogP contribution < -0.4 is 0 Å². The van der Waals surface area contributed by atoms with E-state index in [1.54, 1.807) is 0 Å². The largest absolute Gasteiger partial charge is 0.358 e. The van der Waals surface area contributed by atoms with Gasteiger partial charge in [0.25, 0.3) is 0 Å². The molecule has 0 spiro atoms. The summed E-state index contributed by atoms with van der Waals surface area (Å²) in [5.41, 5.74) is 0. The van der Waals surface area contributed by atoms with Crippen LogP contribution in [0.25, 0.3) is 0 Å². The van der Waals surface area contributed by atoms with Crippen LogP contribution in [0, 0.1) is 32.6 Å². The van der Waals surface area contributed by atoms with Crippen molar-refractivity contribution in [3.05, 3.63) is 32.6 Å². The summed E-state index contributed by atoms with van der Waals surface area (Å²) in [6, 6.07) is 0. The van der Waals surface area contributed by atoms with Crippen LogP contribution in [-0.4, -0.2) is 0 Å². The molecule has 162 valence electrons. The third-order valence-corrected chi connectivity index (χ3v) is 12.1. The zero-order valence-corrected chi connectivity index (χ0v) is 40.6. The van der Waals surface area contributed by atoms with Gasteiger partial charge in [-0.3, -0.25) is 0 Å². The second-order valence-corrected chi connectivity index (χ2v) is 19.0. The monoisotopic (exact) mass is 1470 g/mol. The Labute approximate surface area is 259 Å². The molecule has 0 nitrogen and oxygen atoms in total. The van der Waals surface area contributed by atoms with E-state index in [2.05, 4.69) is 89.1 Å². The third-order valence-electron chi connectivity index (χ3n) is 0.149. The summed E-state index contributed by atoms with van der Waals surface area (Å²) in [6.45, 7) is 19.0. The van der Waals surface area contributed by atoms with Gasteiger partial charge >= 0.3 is 0 Å². The predicted molar refractivity (Wildman–Crippen MR) is 118 cm³/mol. The maximum atomic E-state index is 2.75.